The van der Waals surface area contributed by atoms with Gasteiger partial charge in [-0.3, -0.25) is 4.98 Å². The quantitative estimate of drug-likeness (QED) is 0.289. The fraction of sp³-hybridized carbons (Fsp3) is 0.0833. The molecule has 0 aliphatic carbocycles. The number of rotatable bonds is 8. The summed E-state index contributed by atoms with van der Waals surface area (Å²) in [6, 6.07) is 20.8. The van der Waals surface area contributed by atoms with Gasteiger partial charge in [0.15, 0.2) is 0 Å². The van der Waals surface area contributed by atoms with Gasteiger partial charge in [-0.15, -0.1) is 0 Å². The van der Waals surface area contributed by atoms with Gasteiger partial charge in [0.1, 0.15) is 23.6 Å². The van der Waals surface area contributed by atoms with Gasteiger partial charge in [0.2, 0.25) is 0 Å². The zero-order valence-electron chi connectivity index (χ0n) is 17.6. The maximum absolute atomic E-state index is 12.4. The maximum Gasteiger partial charge on any atom is 0.276 e. The van der Waals surface area contributed by atoms with Crippen molar-refractivity contribution in [2.24, 2.45) is 5.10 Å². The van der Waals surface area contributed by atoms with Crippen LogP contribution < -0.4 is 14.3 Å². The first-order valence-electron chi connectivity index (χ1n) is 9.90. The lowest BCUT2D eigenvalue weighted by Crippen LogP contribution is -2.18. The predicted molar refractivity (Wildman–Crippen MR) is 128 cm³/mol. The van der Waals surface area contributed by atoms with Crippen molar-refractivity contribution in [3.63, 3.8) is 0 Å². The van der Waals surface area contributed by atoms with Crippen molar-refractivity contribution in [1.82, 2.24) is 9.82 Å². The molecule has 0 unspecified atom stereocenters. The number of aromatic nitrogens is 1. The molecule has 0 radical (unpaired) electrons. The predicted octanol–water partition coefficient (Wildman–Crippen LogP) is 4.79. The molecule has 0 aliphatic heterocycles. The number of hydrogen-bond donors (Lipinski definition) is 1. The normalized spacial score (nSPS) is 11.6. The number of nitrogens with zero attached hydrogens (tertiary/aromatic N) is 2. The van der Waals surface area contributed by atoms with Gasteiger partial charge in [0.25, 0.3) is 10.0 Å². The van der Waals surface area contributed by atoms with E-state index in [1.165, 1.54) is 30.5 Å². The van der Waals surface area contributed by atoms with Gasteiger partial charge in [-0.2, -0.15) is 13.5 Å². The molecular formula is C24H20ClN3O4S. The van der Waals surface area contributed by atoms with Crippen molar-refractivity contribution < 1.29 is 17.9 Å². The smallest absolute Gasteiger partial charge is 0.276 e. The van der Waals surface area contributed by atoms with Crippen LogP contribution in [0.4, 0.5) is 0 Å². The molecule has 0 spiro atoms. The van der Waals surface area contributed by atoms with Crippen LogP contribution in [0.25, 0.3) is 10.9 Å². The number of pyridine rings is 1. The van der Waals surface area contributed by atoms with E-state index in [-0.39, 0.29) is 11.5 Å². The second-order valence-electron chi connectivity index (χ2n) is 7.00. The summed E-state index contributed by atoms with van der Waals surface area (Å²) in [5, 5.41) is 5.31. The fourth-order valence-corrected chi connectivity index (χ4v) is 4.09. The number of ether oxygens (including phenoxy) is 2. The van der Waals surface area contributed by atoms with Crippen LogP contribution in [0.1, 0.15) is 11.1 Å². The molecule has 0 atom stereocenters. The summed E-state index contributed by atoms with van der Waals surface area (Å²) in [6.07, 6.45) is 3.13. The number of nitrogens with one attached hydrogen (secondary N) is 1. The number of sulfonamides is 1. The summed E-state index contributed by atoms with van der Waals surface area (Å²) < 4.78 is 36.2. The first kappa shape index (κ1) is 22.6. The number of benzene rings is 3. The van der Waals surface area contributed by atoms with E-state index >= 15 is 0 Å². The second-order valence-corrected chi connectivity index (χ2v) is 9.10. The summed E-state index contributed by atoms with van der Waals surface area (Å²) in [6.45, 7) is 0.233. The summed E-state index contributed by atoms with van der Waals surface area (Å²) in [4.78, 5) is 6.66. The summed E-state index contributed by atoms with van der Waals surface area (Å²) in [7, 11) is -2.22. The van der Waals surface area contributed by atoms with E-state index in [4.69, 9.17) is 21.1 Å². The third kappa shape index (κ3) is 5.42. The molecule has 0 fully saturated rings. The van der Waals surface area contributed by atoms with Crippen molar-refractivity contribution >= 4 is 38.7 Å². The second kappa shape index (κ2) is 9.89. The minimum absolute atomic E-state index is 0.0663. The van der Waals surface area contributed by atoms with Crippen LogP contribution in [-0.4, -0.2) is 26.7 Å². The van der Waals surface area contributed by atoms with Gasteiger partial charge in [0.05, 0.1) is 18.2 Å². The molecule has 33 heavy (non-hydrogen) atoms. The molecule has 7 nitrogen and oxygen atoms in total. The standard InChI is InChI=1S/C24H20ClN3O4S/c1-31-22-12-7-17(15-27-28-33(29,30)21-10-8-20(25)9-11-21)14-19(22)16-32-23-6-2-4-18-5-3-13-26-24(18)23/h2-15,28H,16H2,1H3. The van der Waals surface area contributed by atoms with Crippen LogP contribution in [0.3, 0.4) is 0 Å². The number of hydrogen-bond acceptors (Lipinski definition) is 6. The van der Waals surface area contributed by atoms with Gasteiger partial charge < -0.3 is 9.47 Å². The van der Waals surface area contributed by atoms with Crippen LogP contribution in [-0.2, 0) is 16.6 Å². The molecule has 0 saturated heterocycles. The molecule has 3 aromatic carbocycles. The van der Waals surface area contributed by atoms with Gasteiger partial charge in [-0.1, -0.05) is 29.8 Å². The Morgan fingerprint density at radius 2 is 1.82 bits per heavy atom. The molecule has 168 valence electrons. The van der Waals surface area contributed by atoms with Gasteiger partial charge in [0, 0.05) is 22.2 Å². The highest BCUT2D eigenvalue weighted by Crippen LogP contribution is 2.26. The van der Waals surface area contributed by atoms with Crippen molar-refractivity contribution in [3.8, 4) is 11.5 Å². The van der Waals surface area contributed by atoms with E-state index in [1.807, 2.05) is 36.4 Å². The van der Waals surface area contributed by atoms with Gasteiger partial charge in [-0.05, 0) is 60.2 Å². The first-order chi connectivity index (χ1) is 16.0. The van der Waals surface area contributed by atoms with Crippen LogP contribution in [0.2, 0.25) is 5.02 Å². The highest BCUT2D eigenvalue weighted by molar-refractivity contribution is 7.89. The third-order valence-corrected chi connectivity index (χ3v) is 6.28. The van der Waals surface area contributed by atoms with Crippen LogP contribution in [0, 0.1) is 0 Å². The molecule has 1 aromatic heterocycles. The van der Waals surface area contributed by atoms with Crippen LogP contribution in [0.15, 0.2) is 89.0 Å². The van der Waals surface area contributed by atoms with Gasteiger partial charge >= 0.3 is 0 Å². The average molecular weight is 482 g/mol. The fourth-order valence-electron chi connectivity index (χ4n) is 3.18. The summed E-state index contributed by atoms with van der Waals surface area (Å²) in [5.41, 5.74) is 2.22. The van der Waals surface area contributed by atoms with E-state index < -0.39 is 10.0 Å². The first-order valence-corrected chi connectivity index (χ1v) is 11.8. The van der Waals surface area contributed by atoms with Crippen LogP contribution >= 0.6 is 11.6 Å². The molecule has 0 saturated carbocycles. The number of halogens is 1. The molecular weight excluding hydrogens is 462 g/mol. The number of hydrazone groups is 1. The van der Waals surface area contributed by atoms with E-state index in [0.29, 0.717) is 22.1 Å². The van der Waals surface area contributed by atoms with Gasteiger partial charge in [-0.25, -0.2) is 4.83 Å². The monoisotopic (exact) mass is 481 g/mol. The Hall–Kier alpha value is -3.62. The Bertz CT molecular complexity index is 1400. The molecule has 0 amide bonds. The van der Waals surface area contributed by atoms with E-state index in [1.54, 1.807) is 25.4 Å². The molecule has 1 heterocycles. The largest absolute Gasteiger partial charge is 0.496 e. The number of methoxy groups -OCH3 is 1. The highest BCUT2D eigenvalue weighted by Gasteiger charge is 2.12. The van der Waals surface area contributed by atoms with Crippen molar-refractivity contribution in [3.05, 3.63) is 95.1 Å². The third-order valence-electron chi connectivity index (χ3n) is 4.79. The summed E-state index contributed by atoms with van der Waals surface area (Å²) >= 11 is 5.81. The van der Waals surface area contributed by atoms with Crippen molar-refractivity contribution in [2.45, 2.75) is 11.5 Å². The van der Waals surface area contributed by atoms with E-state index in [0.717, 1.165) is 16.5 Å². The minimum Gasteiger partial charge on any atom is -0.496 e. The topological polar surface area (TPSA) is 89.9 Å². The maximum atomic E-state index is 12.4. The minimum atomic E-state index is -3.80. The molecule has 0 aliphatic rings. The molecule has 9 heteroatoms. The highest BCUT2D eigenvalue weighted by atomic mass is 35.5. The SMILES string of the molecule is COc1ccc(C=NNS(=O)(=O)c2ccc(Cl)cc2)cc1COc1cccc2cccnc12. The zero-order valence-corrected chi connectivity index (χ0v) is 19.2. The zero-order chi connectivity index (χ0) is 23.3. The Kier molecular flexibility index (Phi) is 6.76. The number of fused-ring (bicyclic) bond motifs is 1. The van der Waals surface area contributed by atoms with Crippen molar-refractivity contribution in [1.29, 1.82) is 0 Å². The Morgan fingerprint density at radius 3 is 2.61 bits per heavy atom. The number of para-hydroxylation sites is 1. The molecule has 0 bridgehead atoms. The lowest BCUT2D eigenvalue weighted by Gasteiger charge is -2.12. The van der Waals surface area contributed by atoms with E-state index in [2.05, 4.69) is 14.9 Å². The average Bonchev–Trinajstić information content (AvgIpc) is 2.83. The molecule has 4 rings (SSSR count). The van der Waals surface area contributed by atoms with Crippen molar-refractivity contribution in [2.75, 3.05) is 7.11 Å². The summed E-state index contributed by atoms with van der Waals surface area (Å²) in [5.74, 6) is 1.30. The lowest BCUT2D eigenvalue weighted by molar-refractivity contribution is 0.299. The van der Waals surface area contributed by atoms with E-state index in [9.17, 15) is 8.42 Å². The Labute approximate surface area is 196 Å². The Morgan fingerprint density at radius 1 is 1.03 bits per heavy atom. The molecule has 1 N–H and O–H groups in total. The lowest BCUT2D eigenvalue weighted by atomic mass is 10.1. The molecule has 4 aromatic rings. The van der Waals surface area contributed by atoms with Crippen LogP contribution in [0.5, 0.6) is 11.5 Å². The Balaban J connectivity index is 1.50.